The summed E-state index contributed by atoms with van der Waals surface area (Å²) < 4.78 is 10.4. The Balaban J connectivity index is 1.82. The average Bonchev–Trinajstić information content (AvgIpc) is 2.61. The van der Waals surface area contributed by atoms with Gasteiger partial charge in [-0.05, 0) is 36.8 Å². The number of rotatable bonds is 5. The van der Waals surface area contributed by atoms with Crippen LogP contribution in [0, 0.1) is 11.3 Å². The second-order valence-corrected chi connectivity index (χ2v) is 7.39. The number of methoxy groups -OCH3 is 1. The smallest absolute Gasteiger partial charge is 0.496 e. The van der Waals surface area contributed by atoms with Crippen molar-refractivity contribution in [2.24, 2.45) is 11.3 Å². The van der Waals surface area contributed by atoms with E-state index in [4.69, 9.17) is 9.47 Å². The van der Waals surface area contributed by atoms with Crippen LogP contribution in [0.15, 0.2) is 24.3 Å². The monoisotopic (exact) mass is 366 g/mol. The van der Waals surface area contributed by atoms with E-state index in [9.17, 15) is 9.59 Å². The number of hydrogen-bond acceptors (Lipinski definition) is 7. The highest BCUT2D eigenvalue weighted by atomic mass is 17.5. The van der Waals surface area contributed by atoms with Crippen LogP contribution in [0.3, 0.4) is 0 Å². The van der Waals surface area contributed by atoms with E-state index in [0.717, 1.165) is 25.7 Å². The van der Waals surface area contributed by atoms with Crippen LogP contribution in [0.2, 0.25) is 0 Å². The Morgan fingerprint density at radius 2 is 1.73 bits per heavy atom. The zero-order valence-corrected chi connectivity index (χ0v) is 15.7. The molecule has 1 aromatic carbocycles. The Labute approximate surface area is 153 Å². The summed E-state index contributed by atoms with van der Waals surface area (Å²) in [5.74, 6) is -0.292. The first-order valence-corrected chi connectivity index (χ1v) is 8.72. The summed E-state index contributed by atoms with van der Waals surface area (Å²) in [6.07, 6.45) is 2.60. The SMILES string of the molecule is COc1ccccc1C(=O)OOOC(=O)OC1CCCCC1C(C)(C)C. The van der Waals surface area contributed by atoms with E-state index in [1.807, 2.05) is 0 Å². The fourth-order valence-electron chi connectivity index (χ4n) is 3.31. The van der Waals surface area contributed by atoms with Crippen molar-refractivity contribution >= 4 is 12.1 Å². The molecule has 2 atom stereocenters. The molecule has 0 radical (unpaired) electrons. The third-order valence-corrected chi connectivity index (χ3v) is 4.60. The van der Waals surface area contributed by atoms with E-state index in [-0.39, 0.29) is 23.0 Å². The van der Waals surface area contributed by atoms with Gasteiger partial charge in [-0.3, -0.25) is 4.89 Å². The first kappa shape index (κ1) is 20.0. The second-order valence-electron chi connectivity index (χ2n) is 7.39. The van der Waals surface area contributed by atoms with E-state index in [1.165, 1.54) is 13.2 Å². The van der Waals surface area contributed by atoms with Gasteiger partial charge in [-0.2, -0.15) is 0 Å². The topological polar surface area (TPSA) is 80.3 Å². The van der Waals surface area contributed by atoms with Gasteiger partial charge in [-0.15, -0.1) is 0 Å². The highest BCUT2D eigenvalue weighted by Crippen LogP contribution is 2.39. The van der Waals surface area contributed by atoms with Gasteiger partial charge in [0.15, 0.2) is 0 Å². The Kier molecular flexibility index (Phi) is 6.85. The molecule has 7 heteroatoms. The minimum Gasteiger partial charge on any atom is -0.496 e. The average molecular weight is 366 g/mol. The number of carbonyl (C=O) groups excluding carboxylic acids is 2. The molecule has 2 rings (SSSR count). The maximum absolute atomic E-state index is 11.9. The van der Waals surface area contributed by atoms with Gasteiger partial charge < -0.3 is 9.47 Å². The molecule has 26 heavy (non-hydrogen) atoms. The number of carbonyl (C=O) groups is 2. The molecule has 1 fully saturated rings. The molecule has 2 unspecified atom stereocenters. The van der Waals surface area contributed by atoms with Crippen LogP contribution in [0.4, 0.5) is 4.79 Å². The summed E-state index contributed by atoms with van der Waals surface area (Å²) in [6, 6.07) is 6.45. The van der Waals surface area contributed by atoms with Crippen molar-refractivity contribution in [2.45, 2.75) is 52.6 Å². The first-order chi connectivity index (χ1) is 12.3. The maximum atomic E-state index is 11.9. The molecule has 1 saturated carbocycles. The Hall–Kier alpha value is -2.28. The summed E-state index contributed by atoms with van der Waals surface area (Å²) in [4.78, 5) is 32.7. The van der Waals surface area contributed by atoms with Gasteiger partial charge in [-0.25, -0.2) is 14.5 Å². The molecule has 1 aliphatic carbocycles. The minimum absolute atomic E-state index is 0.0164. The number of benzene rings is 1. The summed E-state index contributed by atoms with van der Waals surface area (Å²) in [7, 11) is 1.43. The lowest BCUT2D eigenvalue weighted by Crippen LogP contribution is -2.38. The number of ether oxygens (including phenoxy) is 2. The molecule has 0 N–H and O–H groups in total. The maximum Gasteiger partial charge on any atom is 0.543 e. The van der Waals surface area contributed by atoms with E-state index < -0.39 is 12.1 Å². The molecule has 1 aliphatic rings. The van der Waals surface area contributed by atoms with Gasteiger partial charge in [0.25, 0.3) is 0 Å². The van der Waals surface area contributed by atoms with E-state index in [2.05, 4.69) is 35.6 Å². The molecule has 1 aromatic rings. The van der Waals surface area contributed by atoms with Crippen molar-refractivity contribution in [3.63, 3.8) is 0 Å². The lowest BCUT2D eigenvalue weighted by Gasteiger charge is -2.39. The normalized spacial score (nSPS) is 20.2. The third-order valence-electron chi connectivity index (χ3n) is 4.60. The van der Waals surface area contributed by atoms with Crippen molar-refractivity contribution in [3.05, 3.63) is 29.8 Å². The van der Waals surface area contributed by atoms with Crippen LogP contribution in [0.25, 0.3) is 0 Å². The van der Waals surface area contributed by atoms with Gasteiger partial charge >= 0.3 is 12.1 Å². The third kappa shape index (κ3) is 5.36. The highest BCUT2D eigenvalue weighted by Gasteiger charge is 2.37. The predicted octanol–water partition coefficient (Wildman–Crippen LogP) is 4.46. The molecular weight excluding hydrogens is 340 g/mol. The van der Waals surface area contributed by atoms with Crippen LogP contribution in [0.5, 0.6) is 5.75 Å². The Bertz CT molecular complexity index is 621. The second kappa shape index (κ2) is 8.89. The zero-order chi connectivity index (χ0) is 19.2. The molecule has 0 amide bonds. The molecule has 0 bridgehead atoms. The first-order valence-electron chi connectivity index (χ1n) is 8.72. The van der Waals surface area contributed by atoms with E-state index >= 15 is 0 Å². The Morgan fingerprint density at radius 3 is 2.42 bits per heavy atom. The molecule has 0 heterocycles. The van der Waals surface area contributed by atoms with Crippen LogP contribution >= 0.6 is 0 Å². The van der Waals surface area contributed by atoms with Crippen molar-refractivity contribution < 1.29 is 33.9 Å². The van der Waals surface area contributed by atoms with Crippen molar-refractivity contribution in [1.82, 2.24) is 0 Å². The fraction of sp³-hybridized carbons (Fsp3) is 0.579. The molecule has 0 saturated heterocycles. The van der Waals surface area contributed by atoms with E-state index in [1.54, 1.807) is 18.2 Å². The number of para-hydroxylation sites is 1. The largest absolute Gasteiger partial charge is 0.543 e. The van der Waals surface area contributed by atoms with Crippen molar-refractivity contribution in [2.75, 3.05) is 7.11 Å². The lowest BCUT2D eigenvalue weighted by molar-refractivity contribution is -0.453. The van der Waals surface area contributed by atoms with Crippen LogP contribution in [0.1, 0.15) is 56.8 Å². The minimum atomic E-state index is -1.03. The summed E-state index contributed by atoms with van der Waals surface area (Å²) in [5, 5.41) is 4.29. The quantitative estimate of drug-likeness (QED) is 0.432. The van der Waals surface area contributed by atoms with Crippen LogP contribution < -0.4 is 4.74 Å². The Morgan fingerprint density at radius 1 is 1.04 bits per heavy atom. The van der Waals surface area contributed by atoms with Crippen molar-refractivity contribution in [1.29, 1.82) is 0 Å². The van der Waals surface area contributed by atoms with Gasteiger partial charge in [0.05, 0.1) is 12.1 Å². The van der Waals surface area contributed by atoms with Crippen LogP contribution in [-0.4, -0.2) is 25.3 Å². The van der Waals surface area contributed by atoms with Gasteiger partial charge in [0, 0.05) is 5.92 Å². The standard InChI is InChI=1S/C19H26O7/c1-19(2,3)14-10-6-8-12-16(14)23-18(21)25-26-24-17(20)13-9-5-7-11-15(13)22-4/h5,7,9,11,14,16H,6,8,10,12H2,1-4H3. The van der Waals surface area contributed by atoms with E-state index in [0.29, 0.717) is 5.75 Å². The van der Waals surface area contributed by atoms with Gasteiger partial charge in [0.2, 0.25) is 0 Å². The lowest BCUT2D eigenvalue weighted by atomic mass is 9.71. The van der Waals surface area contributed by atoms with Gasteiger partial charge in [-0.1, -0.05) is 39.3 Å². The molecule has 0 spiro atoms. The summed E-state index contributed by atoms with van der Waals surface area (Å²) >= 11 is 0. The fourth-order valence-corrected chi connectivity index (χ4v) is 3.31. The molecule has 144 valence electrons. The summed E-state index contributed by atoms with van der Waals surface area (Å²) in [6.45, 7) is 6.36. The molecule has 0 aromatic heterocycles. The summed E-state index contributed by atoms with van der Waals surface area (Å²) in [5.41, 5.74) is 0.162. The van der Waals surface area contributed by atoms with Gasteiger partial charge in [0.1, 0.15) is 17.4 Å². The highest BCUT2D eigenvalue weighted by molar-refractivity contribution is 5.92. The van der Waals surface area contributed by atoms with Crippen LogP contribution in [-0.2, 0) is 19.6 Å². The van der Waals surface area contributed by atoms with Crippen molar-refractivity contribution in [3.8, 4) is 5.75 Å². The molecule has 0 aliphatic heterocycles. The number of hydrogen-bond donors (Lipinski definition) is 0. The zero-order valence-electron chi connectivity index (χ0n) is 15.7. The molecule has 7 nitrogen and oxygen atoms in total. The molecular formula is C19H26O7. The predicted molar refractivity (Wildman–Crippen MR) is 92.3 cm³/mol.